The molecule has 0 unspecified atom stereocenters. The summed E-state index contributed by atoms with van der Waals surface area (Å²) < 4.78 is 5.13. The second-order valence-electron chi connectivity index (χ2n) is 10.1. The third kappa shape index (κ3) is 5.92. The number of rotatable bonds is 5. The monoisotopic (exact) mass is 540 g/mol. The molecule has 3 aliphatic heterocycles. The lowest BCUT2D eigenvalue weighted by Crippen LogP contribution is -2.54. The first-order chi connectivity index (χ1) is 18.5. The van der Waals surface area contributed by atoms with Crippen molar-refractivity contribution in [1.82, 2.24) is 24.7 Å². The van der Waals surface area contributed by atoms with Crippen molar-refractivity contribution >= 4 is 35.1 Å². The van der Waals surface area contributed by atoms with E-state index in [1.54, 1.807) is 11.1 Å². The summed E-state index contributed by atoms with van der Waals surface area (Å²) in [6.07, 6.45) is 4.77. The molecule has 0 N–H and O–H groups in total. The summed E-state index contributed by atoms with van der Waals surface area (Å²) >= 11 is 1.54. The molecule has 0 bridgehead atoms. The molecule has 3 amide bonds. The molecule has 0 spiro atoms. The SMILES string of the molecule is CCOC(=O)C1CCN(C(=O)c2csc(C3CCN(C(=O)N4CCN(c5ccccn5)CC4)CC3)n2)CC1. The summed E-state index contributed by atoms with van der Waals surface area (Å²) in [5, 5.41) is 2.83. The molecule has 3 aliphatic rings. The third-order valence-electron chi connectivity index (χ3n) is 7.78. The Bertz CT molecular complexity index is 1100. The zero-order chi connectivity index (χ0) is 26.5. The molecule has 2 aromatic heterocycles. The topological polar surface area (TPSA) is 99.2 Å². The van der Waals surface area contributed by atoms with Gasteiger partial charge in [0.2, 0.25) is 0 Å². The number of pyridine rings is 1. The lowest BCUT2D eigenvalue weighted by atomic mass is 9.97. The molecule has 204 valence electrons. The number of ether oxygens (including phenoxy) is 1. The Hall–Kier alpha value is -3.21. The highest BCUT2D eigenvalue weighted by molar-refractivity contribution is 7.09. The van der Waals surface area contributed by atoms with Crippen LogP contribution in [0.5, 0.6) is 0 Å². The van der Waals surface area contributed by atoms with E-state index in [-0.39, 0.29) is 29.7 Å². The first kappa shape index (κ1) is 26.4. The van der Waals surface area contributed by atoms with Crippen LogP contribution in [0.15, 0.2) is 29.8 Å². The van der Waals surface area contributed by atoms with Gasteiger partial charge >= 0.3 is 12.0 Å². The molecule has 0 aromatic carbocycles. The van der Waals surface area contributed by atoms with Crippen LogP contribution in [-0.2, 0) is 9.53 Å². The van der Waals surface area contributed by atoms with Crippen LogP contribution in [-0.4, -0.2) is 102 Å². The van der Waals surface area contributed by atoms with Crippen LogP contribution in [0.2, 0.25) is 0 Å². The second kappa shape index (κ2) is 12.1. The Balaban J connectivity index is 1.07. The molecule has 3 fully saturated rings. The summed E-state index contributed by atoms with van der Waals surface area (Å²) in [4.78, 5) is 55.2. The van der Waals surface area contributed by atoms with Crippen LogP contribution in [0.3, 0.4) is 0 Å². The number of nitrogens with zero attached hydrogens (tertiary/aromatic N) is 6. The molecule has 0 atom stereocenters. The van der Waals surface area contributed by atoms with Gasteiger partial charge in [0.1, 0.15) is 11.5 Å². The molecular weight excluding hydrogens is 504 g/mol. The van der Waals surface area contributed by atoms with E-state index < -0.39 is 0 Å². The van der Waals surface area contributed by atoms with Gasteiger partial charge in [-0.3, -0.25) is 9.59 Å². The van der Waals surface area contributed by atoms with Gasteiger partial charge in [-0.1, -0.05) is 6.07 Å². The highest BCUT2D eigenvalue weighted by atomic mass is 32.1. The smallest absolute Gasteiger partial charge is 0.320 e. The minimum Gasteiger partial charge on any atom is -0.466 e. The van der Waals surface area contributed by atoms with E-state index in [1.165, 1.54) is 11.3 Å². The van der Waals surface area contributed by atoms with Crippen molar-refractivity contribution in [2.75, 3.05) is 63.9 Å². The highest BCUT2D eigenvalue weighted by Crippen LogP contribution is 2.31. The quantitative estimate of drug-likeness (QED) is 0.538. The highest BCUT2D eigenvalue weighted by Gasteiger charge is 2.32. The van der Waals surface area contributed by atoms with Gasteiger partial charge in [-0.05, 0) is 44.7 Å². The van der Waals surface area contributed by atoms with Crippen molar-refractivity contribution in [3.63, 3.8) is 0 Å². The summed E-state index contributed by atoms with van der Waals surface area (Å²) in [7, 11) is 0. The average Bonchev–Trinajstić information content (AvgIpc) is 3.48. The van der Waals surface area contributed by atoms with Gasteiger partial charge in [-0.2, -0.15) is 0 Å². The fourth-order valence-corrected chi connectivity index (χ4v) is 6.46. The number of amides is 3. The van der Waals surface area contributed by atoms with Crippen molar-refractivity contribution in [2.45, 2.75) is 38.5 Å². The van der Waals surface area contributed by atoms with Gasteiger partial charge in [-0.15, -0.1) is 11.3 Å². The van der Waals surface area contributed by atoms with Crippen LogP contribution in [0.4, 0.5) is 10.6 Å². The lowest BCUT2D eigenvalue weighted by molar-refractivity contribution is -0.149. The van der Waals surface area contributed by atoms with Crippen LogP contribution < -0.4 is 4.90 Å². The number of urea groups is 1. The molecule has 5 rings (SSSR count). The predicted molar refractivity (Wildman–Crippen MR) is 144 cm³/mol. The van der Waals surface area contributed by atoms with E-state index in [1.807, 2.05) is 40.3 Å². The average molecular weight is 541 g/mol. The number of piperidine rings is 2. The summed E-state index contributed by atoms with van der Waals surface area (Å²) in [6.45, 7) is 7.67. The van der Waals surface area contributed by atoms with E-state index in [0.717, 1.165) is 36.8 Å². The number of hydrogen-bond acceptors (Lipinski definition) is 8. The molecule has 0 saturated carbocycles. The first-order valence-electron chi connectivity index (χ1n) is 13.6. The third-order valence-corrected chi connectivity index (χ3v) is 8.79. The molecular formula is C27H36N6O4S. The van der Waals surface area contributed by atoms with Crippen molar-refractivity contribution in [3.8, 4) is 0 Å². The Labute approximate surface area is 227 Å². The number of aromatic nitrogens is 2. The largest absolute Gasteiger partial charge is 0.466 e. The number of hydrogen-bond donors (Lipinski definition) is 0. The van der Waals surface area contributed by atoms with E-state index in [4.69, 9.17) is 9.72 Å². The van der Waals surface area contributed by atoms with E-state index in [9.17, 15) is 14.4 Å². The first-order valence-corrected chi connectivity index (χ1v) is 14.5. The Morgan fingerprint density at radius 2 is 1.61 bits per heavy atom. The Kier molecular flexibility index (Phi) is 8.41. The molecule has 38 heavy (non-hydrogen) atoms. The van der Waals surface area contributed by atoms with E-state index in [0.29, 0.717) is 64.4 Å². The van der Waals surface area contributed by atoms with Crippen LogP contribution >= 0.6 is 11.3 Å². The van der Waals surface area contributed by atoms with Crippen molar-refractivity contribution in [1.29, 1.82) is 0 Å². The maximum absolute atomic E-state index is 13.1. The zero-order valence-corrected chi connectivity index (χ0v) is 22.8. The number of thiazole rings is 1. The summed E-state index contributed by atoms with van der Waals surface area (Å²) in [5.74, 6) is 0.881. The van der Waals surface area contributed by atoms with Crippen LogP contribution in [0.1, 0.15) is 54.0 Å². The number of piperazine rings is 1. The number of anilines is 1. The maximum Gasteiger partial charge on any atom is 0.320 e. The van der Waals surface area contributed by atoms with Gasteiger partial charge in [-0.25, -0.2) is 14.8 Å². The minimum atomic E-state index is -0.160. The van der Waals surface area contributed by atoms with Crippen molar-refractivity contribution in [2.24, 2.45) is 5.92 Å². The van der Waals surface area contributed by atoms with Gasteiger partial charge in [0.05, 0.1) is 17.5 Å². The fraction of sp³-hybridized carbons (Fsp3) is 0.593. The standard InChI is InChI=1S/C27H36N6O4S/c1-2-37-26(35)21-8-11-31(12-9-21)25(34)22-19-38-24(29-22)20-6-13-32(14-7-20)27(36)33-17-15-30(16-18-33)23-5-3-4-10-28-23/h3-5,10,19-21H,2,6-9,11-18H2,1H3. The second-order valence-corrected chi connectivity index (χ2v) is 11.0. The molecule has 0 radical (unpaired) electrons. The van der Waals surface area contributed by atoms with Gasteiger partial charge in [0.25, 0.3) is 5.91 Å². The van der Waals surface area contributed by atoms with Crippen LogP contribution in [0, 0.1) is 5.92 Å². The molecule has 2 aromatic rings. The fourth-order valence-electron chi connectivity index (χ4n) is 5.50. The minimum absolute atomic E-state index is 0.0627. The van der Waals surface area contributed by atoms with E-state index in [2.05, 4.69) is 9.88 Å². The Morgan fingerprint density at radius 1 is 0.921 bits per heavy atom. The van der Waals surface area contributed by atoms with Gasteiger partial charge < -0.3 is 24.3 Å². The summed E-state index contributed by atoms with van der Waals surface area (Å²) in [5.41, 5.74) is 0.490. The molecule has 10 nitrogen and oxygen atoms in total. The zero-order valence-electron chi connectivity index (χ0n) is 22.0. The molecule has 11 heteroatoms. The van der Waals surface area contributed by atoms with Crippen molar-refractivity contribution in [3.05, 3.63) is 40.5 Å². The number of esters is 1. The van der Waals surface area contributed by atoms with Crippen LogP contribution in [0.25, 0.3) is 0 Å². The van der Waals surface area contributed by atoms with Gasteiger partial charge in [0, 0.05) is 69.9 Å². The Morgan fingerprint density at radius 3 is 2.26 bits per heavy atom. The number of carbonyl (C=O) groups is 3. The normalized spacial score (nSPS) is 19.5. The lowest BCUT2D eigenvalue weighted by Gasteiger charge is -2.39. The predicted octanol–water partition coefficient (Wildman–Crippen LogP) is 3.08. The van der Waals surface area contributed by atoms with Gasteiger partial charge in [0.15, 0.2) is 0 Å². The maximum atomic E-state index is 13.1. The number of likely N-dealkylation sites (tertiary alicyclic amines) is 2. The van der Waals surface area contributed by atoms with Crippen molar-refractivity contribution < 1.29 is 19.1 Å². The molecule has 3 saturated heterocycles. The molecule has 0 aliphatic carbocycles. The number of carbonyl (C=O) groups excluding carboxylic acids is 3. The van der Waals surface area contributed by atoms with E-state index >= 15 is 0 Å². The summed E-state index contributed by atoms with van der Waals surface area (Å²) in [6, 6.07) is 6.02. The molecule has 5 heterocycles.